The maximum absolute atomic E-state index is 15.0. The summed E-state index contributed by atoms with van der Waals surface area (Å²) in [5, 5.41) is 2.87. The van der Waals surface area contributed by atoms with Crippen molar-refractivity contribution in [1.29, 1.82) is 0 Å². The molecule has 0 aliphatic carbocycles. The largest absolute Gasteiger partial charge is 0.469 e. The van der Waals surface area contributed by atoms with E-state index in [0.29, 0.717) is 49.6 Å². The fourth-order valence-electron chi connectivity index (χ4n) is 4.68. The molecule has 11 heteroatoms. The summed E-state index contributed by atoms with van der Waals surface area (Å²) in [7, 11) is -2.41. The molecule has 1 N–H and O–H groups in total. The maximum Gasteiger partial charge on any atom is 0.309 e. The molecule has 0 spiro atoms. The van der Waals surface area contributed by atoms with Gasteiger partial charge in [0, 0.05) is 13.1 Å². The second-order valence-corrected chi connectivity index (χ2v) is 11.2. The highest BCUT2D eigenvalue weighted by Crippen LogP contribution is 2.34. The first-order valence-electron chi connectivity index (χ1n) is 12.2. The third kappa shape index (κ3) is 5.38. The summed E-state index contributed by atoms with van der Waals surface area (Å²) in [6.45, 7) is 0.997. The average Bonchev–Trinajstić information content (AvgIpc) is 2.89. The van der Waals surface area contributed by atoms with Crippen molar-refractivity contribution in [2.45, 2.75) is 30.6 Å². The molecule has 5 rings (SSSR count). The van der Waals surface area contributed by atoms with Crippen molar-refractivity contribution < 1.29 is 26.7 Å². The van der Waals surface area contributed by atoms with Gasteiger partial charge < -0.3 is 15.0 Å². The molecule has 0 fully saturated rings. The van der Waals surface area contributed by atoms with E-state index in [4.69, 9.17) is 0 Å². The highest BCUT2D eigenvalue weighted by molar-refractivity contribution is 7.91. The summed E-state index contributed by atoms with van der Waals surface area (Å²) in [5.41, 5.74) is 2.67. The Bertz CT molecular complexity index is 1540. The first-order valence-corrected chi connectivity index (χ1v) is 13.8. The smallest absolute Gasteiger partial charge is 0.309 e. The van der Waals surface area contributed by atoms with Crippen LogP contribution in [0.1, 0.15) is 29.7 Å². The fourth-order valence-corrected chi connectivity index (χ4v) is 6.30. The molecule has 3 heterocycles. The number of ether oxygens (including phenoxy) is 1. The minimum atomic E-state index is -3.67. The van der Waals surface area contributed by atoms with Gasteiger partial charge in [-0.25, -0.2) is 22.2 Å². The van der Waals surface area contributed by atoms with Gasteiger partial charge in [0.1, 0.15) is 16.5 Å². The van der Waals surface area contributed by atoms with E-state index in [1.165, 1.54) is 31.4 Å². The van der Waals surface area contributed by atoms with Crippen LogP contribution in [-0.4, -0.2) is 50.3 Å². The number of fused-ring (bicyclic) bond motifs is 1. The standard InChI is InChI=1S/C27H26F2N4O4S/c1-37-24(34)15-17-7-8-22(21(29)14-17)30-26-25-23(6-3-13-38(25,35)36)31-27(32-26)33-11-9-18(10-12-33)19-4-2-5-20(28)16-19/h2,4-5,7-9,14,16H,3,6,10-13,15H2,1H3,(H,30,31,32). The van der Waals surface area contributed by atoms with Gasteiger partial charge in [0.05, 0.1) is 30.7 Å². The number of nitrogens with zero attached hydrogens (tertiary/aromatic N) is 3. The molecule has 0 amide bonds. The van der Waals surface area contributed by atoms with Crippen LogP contribution in [0, 0.1) is 11.6 Å². The summed E-state index contributed by atoms with van der Waals surface area (Å²) < 4.78 is 59.2. The normalized spacial score (nSPS) is 16.4. The van der Waals surface area contributed by atoms with E-state index in [1.807, 2.05) is 17.0 Å². The zero-order chi connectivity index (χ0) is 26.9. The van der Waals surface area contributed by atoms with Crippen molar-refractivity contribution in [3.8, 4) is 0 Å². The number of aromatic nitrogens is 2. The number of aryl methyl sites for hydroxylation is 1. The lowest BCUT2D eigenvalue weighted by atomic mass is 9.99. The number of anilines is 3. The van der Waals surface area contributed by atoms with Gasteiger partial charge in [-0.15, -0.1) is 0 Å². The summed E-state index contributed by atoms with van der Waals surface area (Å²) >= 11 is 0. The zero-order valence-electron chi connectivity index (χ0n) is 20.7. The fraction of sp³-hybridized carbons (Fsp3) is 0.296. The molecule has 2 aliphatic rings. The van der Waals surface area contributed by atoms with Gasteiger partial charge in [-0.3, -0.25) is 4.79 Å². The maximum atomic E-state index is 15.0. The summed E-state index contributed by atoms with van der Waals surface area (Å²) in [4.78, 5) is 22.5. The van der Waals surface area contributed by atoms with E-state index in [1.54, 1.807) is 12.1 Å². The highest BCUT2D eigenvalue weighted by atomic mass is 32.2. The topological polar surface area (TPSA) is 101 Å². The Kier molecular flexibility index (Phi) is 7.11. The number of halogens is 2. The summed E-state index contributed by atoms with van der Waals surface area (Å²) in [5.74, 6) is -1.14. The average molecular weight is 541 g/mol. The van der Waals surface area contributed by atoms with Crippen LogP contribution in [0.5, 0.6) is 0 Å². The van der Waals surface area contributed by atoms with Crippen LogP contribution in [0.15, 0.2) is 53.4 Å². The van der Waals surface area contributed by atoms with Crippen LogP contribution < -0.4 is 10.2 Å². The number of rotatable bonds is 6. The van der Waals surface area contributed by atoms with E-state index < -0.39 is 21.6 Å². The van der Waals surface area contributed by atoms with Gasteiger partial charge in [0.2, 0.25) is 5.95 Å². The lowest BCUT2D eigenvalue weighted by Crippen LogP contribution is -2.31. The molecule has 0 unspecified atom stereocenters. The predicted molar refractivity (Wildman–Crippen MR) is 139 cm³/mol. The number of nitrogens with one attached hydrogen (secondary N) is 1. The molecular formula is C27H26F2N4O4S. The van der Waals surface area contributed by atoms with Gasteiger partial charge in [-0.2, -0.15) is 4.98 Å². The lowest BCUT2D eigenvalue weighted by molar-refractivity contribution is -0.139. The summed E-state index contributed by atoms with van der Waals surface area (Å²) in [6.07, 6.45) is 3.41. The minimum Gasteiger partial charge on any atom is -0.469 e. The quantitative estimate of drug-likeness (QED) is 0.464. The van der Waals surface area contributed by atoms with E-state index in [9.17, 15) is 22.0 Å². The Labute approximate surface area is 219 Å². The molecule has 3 aromatic rings. The van der Waals surface area contributed by atoms with Gasteiger partial charge in [0.25, 0.3) is 0 Å². The summed E-state index contributed by atoms with van der Waals surface area (Å²) in [6, 6.07) is 10.6. The van der Waals surface area contributed by atoms with Gasteiger partial charge in [-0.1, -0.05) is 24.3 Å². The number of hydrogen-bond donors (Lipinski definition) is 1. The van der Waals surface area contributed by atoms with Crippen LogP contribution in [0.2, 0.25) is 0 Å². The molecule has 0 atom stereocenters. The van der Waals surface area contributed by atoms with Gasteiger partial charge in [-0.05, 0) is 60.2 Å². The Morgan fingerprint density at radius 3 is 2.68 bits per heavy atom. The van der Waals surface area contributed by atoms with Gasteiger partial charge in [0.15, 0.2) is 15.7 Å². The second kappa shape index (κ2) is 10.5. The molecule has 198 valence electrons. The first-order chi connectivity index (χ1) is 18.2. The van der Waals surface area contributed by atoms with Gasteiger partial charge >= 0.3 is 5.97 Å². The van der Waals surface area contributed by atoms with E-state index in [-0.39, 0.29) is 34.4 Å². The molecule has 8 nitrogen and oxygen atoms in total. The monoisotopic (exact) mass is 540 g/mol. The lowest BCUT2D eigenvalue weighted by Gasteiger charge is -2.29. The Morgan fingerprint density at radius 2 is 1.97 bits per heavy atom. The molecule has 38 heavy (non-hydrogen) atoms. The Hall–Kier alpha value is -3.86. The molecule has 0 saturated carbocycles. The van der Waals surface area contributed by atoms with Crippen molar-refractivity contribution in [1.82, 2.24) is 9.97 Å². The first kappa shape index (κ1) is 25.8. The van der Waals surface area contributed by atoms with Crippen molar-refractivity contribution >= 4 is 38.8 Å². The van der Waals surface area contributed by atoms with Crippen LogP contribution in [0.3, 0.4) is 0 Å². The van der Waals surface area contributed by atoms with Crippen LogP contribution in [0.4, 0.5) is 26.2 Å². The van der Waals surface area contributed by atoms with Crippen molar-refractivity contribution in [2.24, 2.45) is 0 Å². The SMILES string of the molecule is COC(=O)Cc1ccc(Nc2nc(N3CC=C(c4cccc(F)c4)CC3)nc3c2S(=O)(=O)CCC3)c(F)c1. The zero-order valence-corrected chi connectivity index (χ0v) is 21.5. The Morgan fingerprint density at radius 1 is 1.13 bits per heavy atom. The third-order valence-corrected chi connectivity index (χ3v) is 8.49. The van der Waals surface area contributed by atoms with E-state index in [2.05, 4.69) is 20.0 Å². The predicted octanol–water partition coefficient (Wildman–Crippen LogP) is 4.23. The molecule has 0 saturated heterocycles. The number of benzene rings is 2. The molecule has 2 aliphatic heterocycles. The van der Waals surface area contributed by atoms with Crippen LogP contribution >= 0.6 is 0 Å². The third-order valence-electron chi connectivity index (χ3n) is 6.61. The molecular weight excluding hydrogens is 514 g/mol. The second-order valence-electron chi connectivity index (χ2n) is 9.20. The Balaban J connectivity index is 1.47. The van der Waals surface area contributed by atoms with Crippen LogP contribution in [0.25, 0.3) is 5.57 Å². The van der Waals surface area contributed by atoms with E-state index in [0.717, 1.165) is 11.1 Å². The van der Waals surface area contributed by atoms with Crippen LogP contribution in [-0.2, 0) is 32.2 Å². The van der Waals surface area contributed by atoms with Crippen molar-refractivity contribution in [3.63, 3.8) is 0 Å². The van der Waals surface area contributed by atoms with E-state index >= 15 is 0 Å². The number of carbonyl (C=O) groups excluding carboxylic acids is 1. The molecule has 1 aromatic heterocycles. The number of esters is 1. The molecule has 0 bridgehead atoms. The number of hydrogen-bond acceptors (Lipinski definition) is 8. The molecule has 2 aromatic carbocycles. The number of sulfone groups is 1. The van der Waals surface area contributed by atoms with Crippen molar-refractivity contribution in [2.75, 3.05) is 36.2 Å². The highest BCUT2D eigenvalue weighted by Gasteiger charge is 2.31. The number of carbonyl (C=O) groups is 1. The number of methoxy groups -OCH3 is 1. The molecule has 0 radical (unpaired) electrons. The minimum absolute atomic E-state index is 0.0152. The van der Waals surface area contributed by atoms with Crippen molar-refractivity contribution in [3.05, 3.63) is 77.0 Å².